The number of ether oxygens (including phenoxy) is 1. The normalized spacial score (nSPS) is 18.7. The van der Waals surface area contributed by atoms with Crippen LogP contribution in [0.15, 0.2) is 16.9 Å². The van der Waals surface area contributed by atoms with E-state index >= 15 is 0 Å². The molecular weight excluding hydrogens is 294 g/mol. The Labute approximate surface area is 137 Å². The first-order chi connectivity index (χ1) is 10.9. The van der Waals surface area contributed by atoms with Crippen LogP contribution in [0.2, 0.25) is 0 Å². The van der Waals surface area contributed by atoms with Crippen LogP contribution in [0.5, 0.6) is 0 Å². The molecule has 1 aromatic rings. The van der Waals surface area contributed by atoms with E-state index < -0.39 is 0 Å². The van der Waals surface area contributed by atoms with Crippen molar-refractivity contribution >= 4 is 5.91 Å². The molecule has 0 unspecified atom stereocenters. The fourth-order valence-corrected chi connectivity index (χ4v) is 2.81. The second-order valence-corrected chi connectivity index (χ2v) is 6.81. The van der Waals surface area contributed by atoms with Crippen molar-refractivity contribution in [2.24, 2.45) is 5.41 Å². The van der Waals surface area contributed by atoms with Crippen LogP contribution in [0.1, 0.15) is 56.9 Å². The van der Waals surface area contributed by atoms with Gasteiger partial charge >= 0.3 is 0 Å². The molecule has 0 radical (unpaired) electrons. The van der Waals surface area contributed by atoms with Gasteiger partial charge in [-0.3, -0.25) is 9.59 Å². The maximum atomic E-state index is 12.3. The highest BCUT2D eigenvalue weighted by molar-refractivity contribution is 5.92. The summed E-state index contributed by atoms with van der Waals surface area (Å²) in [4.78, 5) is 24.0. The van der Waals surface area contributed by atoms with Crippen LogP contribution in [0.25, 0.3) is 0 Å². The molecule has 0 bridgehead atoms. The highest BCUT2D eigenvalue weighted by Crippen LogP contribution is 2.29. The van der Waals surface area contributed by atoms with Crippen molar-refractivity contribution in [2.75, 3.05) is 13.2 Å². The Balaban J connectivity index is 1.98. The summed E-state index contributed by atoms with van der Waals surface area (Å²) in [6.45, 7) is 8.01. The van der Waals surface area contributed by atoms with Gasteiger partial charge in [0.1, 0.15) is 5.69 Å². The maximum Gasteiger partial charge on any atom is 0.271 e. The first-order valence-corrected chi connectivity index (χ1v) is 8.42. The van der Waals surface area contributed by atoms with Crippen molar-refractivity contribution in [3.05, 3.63) is 28.2 Å². The van der Waals surface area contributed by atoms with Gasteiger partial charge in [0.25, 0.3) is 11.5 Å². The quantitative estimate of drug-likeness (QED) is 0.869. The number of hydrogen-bond acceptors (Lipinski definition) is 4. The summed E-state index contributed by atoms with van der Waals surface area (Å²) in [5, 5.41) is 7.06. The number of carbonyl (C=O) groups excluding carboxylic acids is 1. The van der Waals surface area contributed by atoms with E-state index in [4.69, 9.17) is 4.74 Å². The van der Waals surface area contributed by atoms with E-state index in [2.05, 4.69) is 24.3 Å². The number of hydrogen-bond donors (Lipinski definition) is 1. The van der Waals surface area contributed by atoms with Gasteiger partial charge in [-0.1, -0.05) is 20.8 Å². The van der Waals surface area contributed by atoms with Gasteiger partial charge in [-0.25, -0.2) is 4.68 Å². The minimum atomic E-state index is -0.251. The number of aromatic nitrogens is 2. The summed E-state index contributed by atoms with van der Waals surface area (Å²) < 4.78 is 7.17. The number of rotatable bonds is 6. The molecule has 6 heteroatoms. The lowest BCUT2D eigenvalue weighted by atomic mass is 9.82. The Morgan fingerprint density at radius 2 is 2.22 bits per heavy atom. The molecule has 1 aromatic heterocycles. The molecule has 2 heterocycles. The average Bonchev–Trinajstić information content (AvgIpc) is 2.56. The van der Waals surface area contributed by atoms with Crippen molar-refractivity contribution < 1.29 is 9.53 Å². The molecule has 128 valence electrons. The van der Waals surface area contributed by atoms with Crippen molar-refractivity contribution in [1.29, 1.82) is 0 Å². The van der Waals surface area contributed by atoms with Crippen LogP contribution in [0.3, 0.4) is 0 Å². The van der Waals surface area contributed by atoms with Crippen molar-refractivity contribution in [3.63, 3.8) is 0 Å². The molecule has 0 aliphatic carbocycles. The lowest BCUT2D eigenvalue weighted by molar-refractivity contribution is -0.0531. The number of nitrogens with one attached hydrogen (secondary N) is 1. The predicted molar refractivity (Wildman–Crippen MR) is 88.5 cm³/mol. The Bertz CT molecular complexity index is 589. The summed E-state index contributed by atoms with van der Waals surface area (Å²) >= 11 is 0. The van der Waals surface area contributed by atoms with E-state index in [9.17, 15) is 9.59 Å². The third-order valence-corrected chi connectivity index (χ3v) is 4.29. The topological polar surface area (TPSA) is 73.2 Å². The van der Waals surface area contributed by atoms with Gasteiger partial charge < -0.3 is 10.1 Å². The Morgan fingerprint density at radius 1 is 1.43 bits per heavy atom. The van der Waals surface area contributed by atoms with E-state index in [1.807, 2.05) is 6.92 Å². The molecule has 1 fully saturated rings. The minimum absolute atomic E-state index is 0.131. The summed E-state index contributed by atoms with van der Waals surface area (Å²) in [6, 6.07) is 2.88. The molecule has 6 nitrogen and oxygen atoms in total. The molecule has 1 aliphatic rings. The zero-order chi connectivity index (χ0) is 16.9. The summed E-state index contributed by atoms with van der Waals surface area (Å²) in [5.41, 5.74) is -0.0359. The largest absolute Gasteiger partial charge is 0.378 e. The van der Waals surface area contributed by atoms with E-state index in [1.165, 1.54) is 23.2 Å². The minimum Gasteiger partial charge on any atom is -0.378 e. The SMILES string of the molecule is CCCn1nc(C(=O)NCC(C)(C)[C@H]2CCCCO2)ccc1=O. The van der Waals surface area contributed by atoms with E-state index in [0.29, 0.717) is 13.1 Å². The Morgan fingerprint density at radius 3 is 2.87 bits per heavy atom. The molecule has 0 spiro atoms. The predicted octanol–water partition coefficient (Wildman–Crippen LogP) is 1.98. The monoisotopic (exact) mass is 321 g/mol. The molecule has 1 atom stereocenters. The second kappa shape index (κ2) is 7.73. The molecular formula is C17H27N3O3. The summed E-state index contributed by atoms with van der Waals surface area (Å²) in [6.07, 6.45) is 4.28. The third kappa shape index (κ3) is 4.64. The Kier molecular flexibility index (Phi) is 5.93. The fraction of sp³-hybridized carbons (Fsp3) is 0.706. The van der Waals surface area contributed by atoms with Gasteiger partial charge in [-0.05, 0) is 31.7 Å². The second-order valence-electron chi connectivity index (χ2n) is 6.81. The van der Waals surface area contributed by atoms with Gasteiger partial charge in [0.15, 0.2) is 0 Å². The number of nitrogens with zero attached hydrogens (tertiary/aromatic N) is 2. The molecule has 1 amide bonds. The standard InChI is InChI=1S/C17H27N3O3/c1-4-10-20-15(21)9-8-13(19-20)16(22)18-12-17(2,3)14-7-5-6-11-23-14/h8-9,14H,4-7,10-12H2,1-3H3,(H,18,22)/t14-/m1/s1. The molecule has 0 aromatic carbocycles. The number of aryl methyl sites for hydroxylation is 1. The molecule has 1 saturated heterocycles. The number of carbonyl (C=O) groups is 1. The van der Waals surface area contributed by atoms with E-state index in [-0.39, 0.29) is 28.7 Å². The first kappa shape index (κ1) is 17.7. The van der Waals surface area contributed by atoms with Crippen LogP contribution < -0.4 is 10.9 Å². The first-order valence-electron chi connectivity index (χ1n) is 8.42. The van der Waals surface area contributed by atoms with Gasteiger partial charge in [-0.15, -0.1) is 0 Å². The van der Waals surface area contributed by atoms with Crippen LogP contribution in [0, 0.1) is 5.41 Å². The fourth-order valence-electron chi connectivity index (χ4n) is 2.81. The van der Waals surface area contributed by atoms with Gasteiger partial charge in [-0.2, -0.15) is 5.10 Å². The van der Waals surface area contributed by atoms with Crippen molar-refractivity contribution in [3.8, 4) is 0 Å². The van der Waals surface area contributed by atoms with Crippen molar-refractivity contribution in [2.45, 2.75) is 59.1 Å². The van der Waals surface area contributed by atoms with E-state index in [1.54, 1.807) is 0 Å². The maximum absolute atomic E-state index is 12.3. The molecule has 23 heavy (non-hydrogen) atoms. The highest BCUT2D eigenvalue weighted by Gasteiger charge is 2.32. The zero-order valence-electron chi connectivity index (χ0n) is 14.3. The summed E-state index contributed by atoms with van der Waals surface area (Å²) in [7, 11) is 0. The Hall–Kier alpha value is -1.69. The van der Waals surface area contributed by atoms with Gasteiger partial charge in [0.2, 0.25) is 0 Å². The molecule has 2 rings (SSSR count). The number of amides is 1. The van der Waals surface area contributed by atoms with Crippen LogP contribution in [-0.4, -0.2) is 34.9 Å². The van der Waals surface area contributed by atoms with Crippen LogP contribution >= 0.6 is 0 Å². The lowest BCUT2D eigenvalue weighted by Gasteiger charge is -2.36. The zero-order valence-corrected chi connectivity index (χ0v) is 14.3. The molecule has 1 aliphatic heterocycles. The molecule has 1 N–H and O–H groups in total. The van der Waals surface area contributed by atoms with Gasteiger partial charge in [0.05, 0.1) is 6.10 Å². The van der Waals surface area contributed by atoms with Crippen LogP contribution in [-0.2, 0) is 11.3 Å². The smallest absolute Gasteiger partial charge is 0.271 e. The lowest BCUT2D eigenvalue weighted by Crippen LogP contribution is -2.44. The van der Waals surface area contributed by atoms with Crippen LogP contribution in [0.4, 0.5) is 0 Å². The molecule has 0 saturated carbocycles. The van der Waals surface area contributed by atoms with Crippen molar-refractivity contribution in [1.82, 2.24) is 15.1 Å². The highest BCUT2D eigenvalue weighted by atomic mass is 16.5. The summed E-state index contributed by atoms with van der Waals surface area (Å²) in [5.74, 6) is -0.251. The average molecular weight is 321 g/mol. The third-order valence-electron chi connectivity index (χ3n) is 4.29. The van der Waals surface area contributed by atoms with E-state index in [0.717, 1.165) is 25.9 Å². The van der Waals surface area contributed by atoms with Gasteiger partial charge in [0, 0.05) is 31.2 Å².